The third-order valence-electron chi connectivity index (χ3n) is 5.78. The lowest BCUT2D eigenvalue weighted by Crippen LogP contribution is -2.48. The molecule has 1 aromatic rings. The van der Waals surface area contributed by atoms with E-state index in [1.807, 2.05) is 17.0 Å². The van der Waals surface area contributed by atoms with Gasteiger partial charge in [-0.1, -0.05) is 36.4 Å². The van der Waals surface area contributed by atoms with Crippen LogP contribution in [-0.4, -0.2) is 60.4 Å². The Bertz CT molecular complexity index is 727. The first-order chi connectivity index (χ1) is 14.5. The first-order valence-corrected chi connectivity index (χ1v) is 11.3. The Morgan fingerprint density at radius 2 is 1.87 bits per heavy atom. The molecule has 2 heterocycles. The van der Waals surface area contributed by atoms with E-state index in [1.54, 1.807) is 0 Å². The van der Waals surface area contributed by atoms with Gasteiger partial charge < -0.3 is 15.5 Å². The molecule has 0 aliphatic carbocycles. The molecule has 0 aromatic heterocycles. The van der Waals surface area contributed by atoms with E-state index in [1.165, 1.54) is 16.7 Å². The molecule has 164 valence electrons. The lowest BCUT2D eigenvalue weighted by atomic mass is 10.0. The number of hydrogen-bond acceptors (Lipinski definition) is 3. The van der Waals surface area contributed by atoms with Crippen molar-refractivity contribution in [2.75, 3.05) is 32.7 Å². The molecule has 1 amide bonds. The van der Waals surface area contributed by atoms with Gasteiger partial charge in [0.25, 0.3) is 0 Å². The number of nitrogens with zero attached hydrogens (tertiary/aromatic N) is 3. The van der Waals surface area contributed by atoms with E-state index in [2.05, 4.69) is 48.1 Å². The molecule has 6 nitrogen and oxygen atoms in total. The summed E-state index contributed by atoms with van der Waals surface area (Å²) in [5.41, 5.74) is 3.78. The van der Waals surface area contributed by atoms with Crippen molar-refractivity contribution in [3.63, 3.8) is 0 Å². The van der Waals surface area contributed by atoms with Crippen molar-refractivity contribution in [2.24, 2.45) is 4.99 Å². The first-order valence-electron chi connectivity index (χ1n) is 11.3. The third-order valence-corrected chi connectivity index (χ3v) is 5.78. The predicted octanol–water partition coefficient (Wildman–Crippen LogP) is 2.90. The number of carbonyl (C=O) groups excluding carboxylic acids is 1. The number of rotatable bonds is 8. The van der Waals surface area contributed by atoms with Gasteiger partial charge in [0.15, 0.2) is 5.96 Å². The Morgan fingerprint density at radius 1 is 1.20 bits per heavy atom. The minimum Gasteiger partial charge on any atom is -0.357 e. The number of hydrogen-bond donors (Lipinski definition) is 2. The number of nitrogens with one attached hydrogen (secondary N) is 2. The fourth-order valence-corrected chi connectivity index (χ4v) is 4.22. The zero-order valence-corrected chi connectivity index (χ0v) is 18.6. The Balaban J connectivity index is 1.39. The molecule has 30 heavy (non-hydrogen) atoms. The summed E-state index contributed by atoms with van der Waals surface area (Å²) in [6.45, 7) is 14.4. The second-order valence-electron chi connectivity index (χ2n) is 8.53. The quantitative estimate of drug-likeness (QED) is 0.299. The molecule has 1 aromatic carbocycles. The zero-order chi connectivity index (χ0) is 21.3. The maximum Gasteiger partial charge on any atom is 0.223 e. The molecule has 0 radical (unpaired) electrons. The fourth-order valence-electron chi connectivity index (χ4n) is 4.22. The smallest absolute Gasteiger partial charge is 0.223 e. The van der Waals surface area contributed by atoms with Crippen molar-refractivity contribution in [1.29, 1.82) is 0 Å². The van der Waals surface area contributed by atoms with Crippen LogP contribution in [0.5, 0.6) is 0 Å². The molecule has 3 rings (SSSR count). The Kier molecular flexibility index (Phi) is 8.31. The van der Waals surface area contributed by atoms with Gasteiger partial charge in [0.05, 0.1) is 0 Å². The summed E-state index contributed by atoms with van der Waals surface area (Å²) < 4.78 is 0. The second kappa shape index (κ2) is 11.2. The predicted molar refractivity (Wildman–Crippen MR) is 123 cm³/mol. The first kappa shape index (κ1) is 22.3. The number of fused-ring (bicyclic) bond motifs is 1. The van der Waals surface area contributed by atoms with Gasteiger partial charge in [-0.3, -0.25) is 14.7 Å². The summed E-state index contributed by atoms with van der Waals surface area (Å²) in [5, 5.41) is 6.92. The van der Waals surface area contributed by atoms with Gasteiger partial charge in [-0.05, 0) is 44.2 Å². The molecule has 0 spiro atoms. The topological polar surface area (TPSA) is 60.0 Å². The highest BCUT2D eigenvalue weighted by molar-refractivity contribution is 5.80. The third kappa shape index (κ3) is 6.59. The summed E-state index contributed by atoms with van der Waals surface area (Å²) in [6, 6.07) is 8.77. The molecule has 0 bridgehead atoms. The summed E-state index contributed by atoms with van der Waals surface area (Å²) >= 11 is 0. The largest absolute Gasteiger partial charge is 0.357 e. The fraction of sp³-hybridized carbons (Fsp3) is 0.583. The molecule has 2 N–H and O–H groups in total. The molecule has 0 saturated carbocycles. The van der Waals surface area contributed by atoms with Crippen molar-refractivity contribution < 1.29 is 4.79 Å². The van der Waals surface area contributed by atoms with Crippen LogP contribution >= 0.6 is 0 Å². The van der Waals surface area contributed by atoms with Crippen molar-refractivity contribution in [3.8, 4) is 0 Å². The van der Waals surface area contributed by atoms with Crippen molar-refractivity contribution in [1.82, 2.24) is 20.4 Å². The Morgan fingerprint density at radius 3 is 2.47 bits per heavy atom. The van der Waals surface area contributed by atoms with E-state index < -0.39 is 0 Å². The molecule has 1 saturated heterocycles. The lowest BCUT2D eigenvalue weighted by molar-refractivity contribution is -0.131. The van der Waals surface area contributed by atoms with Gasteiger partial charge in [0.1, 0.15) is 0 Å². The van der Waals surface area contributed by atoms with Gasteiger partial charge >= 0.3 is 0 Å². The minimum absolute atomic E-state index is 0.226. The second-order valence-corrected chi connectivity index (χ2v) is 8.53. The van der Waals surface area contributed by atoms with Gasteiger partial charge in [-0.25, -0.2) is 0 Å². The zero-order valence-electron chi connectivity index (χ0n) is 18.6. The van der Waals surface area contributed by atoms with E-state index in [9.17, 15) is 4.79 Å². The van der Waals surface area contributed by atoms with Gasteiger partial charge in [0, 0.05) is 58.3 Å². The van der Waals surface area contributed by atoms with Crippen LogP contribution in [0.2, 0.25) is 0 Å². The number of likely N-dealkylation sites (tertiary alicyclic amines) is 1. The SMILES string of the molecule is C=C(C)CN1CCC(NC(=NCCCC(=O)N2Cc3ccccc3C2)NCC)CC1. The van der Waals surface area contributed by atoms with Crippen molar-refractivity contribution in [3.05, 3.63) is 47.5 Å². The number of guanidine groups is 1. The minimum atomic E-state index is 0.226. The van der Waals surface area contributed by atoms with Crippen LogP contribution in [0.15, 0.2) is 41.4 Å². The summed E-state index contributed by atoms with van der Waals surface area (Å²) in [4.78, 5) is 21.7. The van der Waals surface area contributed by atoms with E-state index in [0.717, 1.165) is 64.5 Å². The maximum atomic E-state index is 12.5. The number of carbonyl (C=O) groups is 1. The summed E-state index contributed by atoms with van der Waals surface area (Å²) in [7, 11) is 0. The van der Waals surface area contributed by atoms with Gasteiger partial charge in [-0.15, -0.1) is 0 Å². The molecule has 0 atom stereocenters. The number of piperidine rings is 1. The normalized spacial score (nSPS) is 17.7. The van der Waals surface area contributed by atoms with Crippen LogP contribution in [0.3, 0.4) is 0 Å². The number of benzene rings is 1. The molecule has 6 heteroatoms. The summed E-state index contributed by atoms with van der Waals surface area (Å²) in [6.07, 6.45) is 3.56. The van der Waals surface area contributed by atoms with E-state index in [-0.39, 0.29) is 5.91 Å². The average Bonchev–Trinajstić information content (AvgIpc) is 3.16. The van der Waals surface area contributed by atoms with Crippen LogP contribution in [0.25, 0.3) is 0 Å². The molecule has 2 aliphatic rings. The van der Waals surface area contributed by atoms with E-state index in [0.29, 0.717) is 19.0 Å². The standard InChI is InChI=1S/C24H37N5O/c1-4-25-24(27-22-11-14-28(15-12-22)16-19(2)3)26-13-7-10-23(30)29-17-20-8-5-6-9-21(20)18-29/h5-6,8-9,22H,2,4,7,10-18H2,1,3H3,(H2,25,26,27). The van der Waals surface area contributed by atoms with Gasteiger partial charge in [0.2, 0.25) is 5.91 Å². The van der Waals surface area contributed by atoms with Crippen molar-refractivity contribution >= 4 is 11.9 Å². The summed E-state index contributed by atoms with van der Waals surface area (Å²) in [5.74, 6) is 1.10. The highest BCUT2D eigenvalue weighted by Gasteiger charge is 2.22. The van der Waals surface area contributed by atoms with Crippen LogP contribution < -0.4 is 10.6 Å². The monoisotopic (exact) mass is 411 g/mol. The van der Waals surface area contributed by atoms with Crippen LogP contribution in [0, 0.1) is 0 Å². The maximum absolute atomic E-state index is 12.5. The number of aliphatic imine (C=N–C) groups is 1. The Labute approximate surface area is 181 Å². The van der Waals surface area contributed by atoms with Gasteiger partial charge in [-0.2, -0.15) is 0 Å². The molecular formula is C24H37N5O. The van der Waals surface area contributed by atoms with Crippen molar-refractivity contribution in [2.45, 2.75) is 58.7 Å². The molecular weight excluding hydrogens is 374 g/mol. The Hall–Kier alpha value is -2.34. The average molecular weight is 412 g/mol. The van der Waals surface area contributed by atoms with Crippen LogP contribution in [0.4, 0.5) is 0 Å². The lowest BCUT2D eigenvalue weighted by Gasteiger charge is -2.33. The van der Waals surface area contributed by atoms with Crippen LogP contribution in [-0.2, 0) is 17.9 Å². The van der Waals surface area contributed by atoms with E-state index >= 15 is 0 Å². The van der Waals surface area contributed by atoms with Crippen LogP contribution in [0.1, 0.15) is 50.7 Å². The highest BCUT2D eigenvalue weighted by Crippen LogP contribution is 2.22. The molecule has 0 unspecified atom stereocenters. The highest BCUT2D eigenvalue weighted by atomic mass is 16.2. The number of amides is 1. The van der Waals surface area contributed by atoms with E-state index in [4.69, 9.17) is 4.99 Å². The molecule has 1 fully saturated rings. The molecule has 2 aliphatic heterocycles.